The second-order valence-electron chi connectivity index (χ2n) is 7.34. The van der Waals surface area contributed by atoms with Crippen molar-refractivity contribution in [3.8, 4) is 0 Å². The summed E-state index contributed by atoms with van der Waals surface area (Å²) in [7, 11) is 2.05. The predicted molar refractivity (Wildman–Crippen MR) is 86.8 cm³/mol. The zero-order valence-corrected chi connectivity index (χ0v) is 13.9. The van der Waals surface area contributed by atoms with Crippen LogP contribution in [0.15, 0.2) is 30.3 Å². The molecule has 0 spiro atoms. The number of hydrogen-bond acceptors (Lipinski definition) is 3. The van der Waals surface area contributed by atoms with Crippen molar-refractivity contribution in [2.24, 2.45) is 17.3 Å². The Kier molecular flexibility index (Phi) is 3.92. The van der Waals surface area contributed by atoms with Gasteiger partial charge in [-0.3, -0.25) is 9.59 Å². The molecule has 3 rings (SSSR count). The Bertz CT molecular complexity index is 614. The van der Waals surface area contributed by atoms with Crippen LogP contribution < -0.4 is 0 Å². The van der Waals surface area contributed by atoms with Crippen LogP contribution in [-0.2, 0) is 9.59 Å². The van der Waals surface area contributed by atoms with E-state index in [1.165, 1.54) is 0 Å². The van der Waals surface area contributed by atoms with Gasteiger partial charge in [-0.05, 0) is 18.0 Å². The van der Waals surface area contributed by atoms with Crippen LogP contribution >= 0.6 is 0 Å². The molecule has 23 heavy (non-hydrogen) atoms. The highest BCUT2D eigenvalue weighted by molar-refractivity contribution is 5.92. The van der Waals surface area contributed by atoms with Crippen LogP contribution in [0.25, 0.3) is 0 Å². The molecule has 1 unspecified atom stereocenters. The number of rotatable bonds is 3. The average molecular weight is 316 g/mol. The van der Waals surface area contributed by atoms with E-state index < -0.39 is 23.2 Å². The Morgan fingerprint density at radius 2 is 1.78 bits per heavy atom. The van der Waals surface area contributed by atoms with Gasteiger partial charge in [0.25, 0.3) is 0 Å². The number of aliphatic carboxylic acids is 1. The Morgan fingerprint density at radius 3 is 2.35 bits per heavy atom. The summed E-state index contributed by atoms with van der Waals surface area (Å²) in [6.07, 6.45) is 0. The molecule has 1 saturated heterocycles. The van der Waals surface area contributed by atoms with Gasteiger partial charge in [-0.25, -0.2) is 0 Å². The zero-order valence-electron chi connectivity index (χ0n) is 13.9. The van der Waals surface area contributed by atoms with Gasteiger partial charge >= 0.3 is 5.97 Å². The zero-order chi connectivity index (χ0) is 16.8. The van der Waals surface area contributed by atoms with E-state index in [4.69, 9.17) is 0 Å². The van der Waals surface area contributed by atoms with Crippen LogP contribution in [0.1, 0.15) is 25.5 Å². The van der Waals surface area contributed by atoms with Crippen molar-refractivity contribution >= 4 is 11.9 Å². The highest BCUT2D eigenvalue weighted by atomic mass is 16.4. The van der Waals surface area contributed by atoms with Gasteiger partial charge in [-0.1, -0.05) is 44.2 Å². The first-order valence-corrected chi connectivity index (χ1v) is 8.11. The number of carbonyl (C=O) groups is 2. The lowest BCUT2D eigenvalue weighted by molar-refractivity contribution is -0.143. The van der Waals surface area contributed by atoms with Gasteiger partial charge in [-0.15, -0.1) is 0 Å². The quantitative estimate of drug-likeness (QED) is 0.924. The van der Waals surface area contributed by atoms with E-state index >= 15 is 0 Å². The first-order valence-electron chi connectivity index (χ1n) is 8.11. The summed E-state index contributed by atoms with van der Waals surface area (Å²) in [5.41, 5.74) is 0.658. The molecular formula is C18H24N2O3. The van der Waals surface area contributed by atoms with Crippen LogP contribution in [0.2, 0.25) is 0 Å². The minimum atomic E-state index is -0.862. The van der Waals surface area contributed by atoms with Crippen LogP contribution in [0.3, 0.4) is 0 Å². The molecule has 1 aromatic rings. The summed E-state index contributed by atoms with van der Waals surface area (Å²) >= 11 is 0. The van der Waals surface area contributed by atoms with Gasteiger partial charge in [0.1, 0.15) is 0 Å². The molecule has 5 heteroatoms. The van der Waals surface area contributed by atoms with Gasteiger partial charge in [0.15, 0.2) is 0 Å². The fourth-order valence-corrected chi connectivity index (χ4v) is 3.88. The topological polar surface area (TPSA) is 60.9 Å². The largest absolute Gasteiger partial charge is 0.481 e. The number of carboxylic acid groups (broad SMARTS) is 1. The number of hydrogen-bond donors (Lipinski definition) is 1. The third kappa shape index (κ3) is 2.74. The predicted octanol–water partition coefficient (Wildman–Crippen LogP) is 1.86. The SMILES string of the molecule is CN1CCN(C(=O)[C@@H]2[C@H](C(=O)O)C2(C)C)C(c2ccccc2)C1. The molecule has 5 nitrogen and oxygen atoms in total. The molecule has 0 radical (unpaired) electrons. The molecule has 3 atom stereocenters. The molecule has 1 aliphatic carbocycles. The van der Waals surface area contributed by atoms with E-state index in [9.17, 15) is 14.7 Å². The molecule has 0 aromatic heterocycles. The summed E-state index contributed by atoms with van der Waals surface area (Å²) < 4.78 is 0. The second kappa shape index (κ2) is 5.64. The number of carbonyl (C=O) groups excluding carboxylic acids is 1. The first kappa shape index (κ1) is 16.0. The molecular weight excluding hydrogens is 292 g/mol. The van der Waals surface area contributed by atoms with Crippen LogP contribution in [0.5, 0.6) is 0 Å². The lowest BCUT2D eigenvalue weighted by Crippen LogP contribution is -2.50. The number of carboxylic acids is 1. The normalized spacial score (nSPS) is 30.0. The number of likely N-dealkylation sites (N-methyl/N-ethyl adjacent to an activating group) is 1. The van der Waals surface area contributed by atoms with Crippen molar-refractivity contribution in [2.75, 3.05) is 26.7 Å². The molecule has 1 aliphatic heterocycles. The monoisotopic (exact) mass is 316 g/mol. The van der Waals surface area contributed by atoms with Gasteiger partial charge in [-0.2, -0.15) is 0 Å². The summed E-state index contributed by atoms with van der Waals surface area (Å²) in [5, 5.41) is 9.35. The molecule has 1 aromatic carbocycles. The van der Waals surface area contributed by atoms with Crippen LogP contribution in [-0.4, -0.2) is 53.5 Å². The minimum absolute atomic E-state index is 0.00621. The fraction of sp³-hybridized carbons (Fsp3) is 0.556. The van der Waals surface area contributed by atoms with Gasteiger partial charge in [0.05, 0.1) is 17.9 Å². The van der Waals surface area contributed by atoms with E-state index in [0.717, 1.165) is 18.7 Å². The van der Waals surface area contributed by atoms with E-state index in [0.29, 0.717) is 6.54 Å². The van der Waals surface area contributed by atoms with Crippen molar-refractivity contribution in [3.05, 3.63) is 35.9 Å². The number of nitrogens with zero attached hydrogens (tertiary/aromatic N) is 2. The fourth-order valence-electron chi connectivity index (χ4n) is 3.88. The molecule has 1 amide bonds. The smallest absolute Gasteiger partial charge is 0.307 e. The first-order chi connectivity index (χ1) is 10.8. The molecule has 124 valence electrons. The maximum atomic E-state index is 13.0. The highest BCUT2D eigenvalue weighted by Crippen LogP contribution is 2.59. The average Bonchev–Trinajstić information content (AvgIpc) is 3.10. The summed E-state index contributed by atoms with van der Waals surface area (Å²) in [6, 6.07) is 10.00. The van der Waals surface area contributed by atoms with Crippen LogP contribution in [0, 0.1) is 17.3 Å². The molecule has 2 aliphatic rings. The standard InChI is InChI=1S/C18H24N2O3/c1-18(2)14(15(18)17(22)23)16(21)20-10-9-19(3)11-13(20)12-7-5-4-6-8-12/h4-8,13-15H,9-11H2,1-3H3,(H,22,23)/t13?,14-,15+/m0/s1. The number of piperazine rings is 1. The molecule has 1 N–H and O–H groups in total. The lowest BCUT2D eigenvalue weighted by Gasteiger charge is -2.40. The second-order valence-corrected chi connectivity index (χ2v) is 7.34. The Morgan fingerprint density at radius 1 is 1.13 bits per heavy atom. The Labute approximate surface area is 136 Å². The van der Waals surface area contributed by atoms with Gasteiger partial charge in [0, 0.05) is 19.6 Å². The van der Waals surface area contributed by atoms with E-state index in [2.05, 4.69) is 11.9 Å². The van der Waals surface area contributed by atoms with Crippen molar-refractivity contribution in [3.63, 3.8) is 0 Å². The number of benzene rings is 1. The summed E-state index contributed by atoms with van der Waals surface area (Å²) in [4.78, 5) is 28.5. The van der Waals surface area contributed by atoms with Crippen LogP contribution in [0.4, 0.5) is 0 Å². The maximum Gasteiger partial charge on any atom is 0.307 e. The lowest BCUT2D eigenvalue weighted by atomic mass is 10.0. The van der Waals surface area contributed by atoms with Crippen molar-refractivity contribution in [1.29, 1.82) is 0 Å². The molecule has 1 saturated carbocycles. The van der Waals surface area contributed by atoms with Crippen molar-refractivity contribution in [1.82, 2.24) is 9.80 Å². The molecule has 2 fully saturated rings. The minimum Gasteiger partial charge on any atom is -0.481 e. The Hall–Kier alpha value is -1.88. The summed E-state index contributed by atoms with van der Waals surface area (Å²) in [5.74, 6) is -1.84. The molecule has 1 heterocycles. The van der Waals surface area contributed by atoms with Gasteiger partial charge < -0.3 is 14.9 Å². The molecule has 0 bridgehead atoms. The maximum absolute atomic E-state index is 13.0. The number of amides is 1. The third-order valence-electron chi connectivity index (χ3n) is 5.41. The highest BCUT2D eigenvalue weighted by Gasteiger charge is 2.67. The van der Waals surface area contributed by atoms with Crippen molar-refractivity contribution < 1.29 is 14.7 Å². The van der Waals surface area contributed by atoms with E-state index in [1.807, 2.05) is 49.1 Å². The van der Waals surface area contributed by atoms with E-state index in [1.54, 1.807) is 0 Å². The Balaban J connectivity index is 1.85. The third-order valence-corrected chi connectivity index (χ3v) is 5.41. The van der Waals surface area contributed by atoms with Gasteiger partial charge in [0.2, 0.25) is 5.91 Å². The summed E-state index contributed by atoms with van der Waals surface area (Å²) in [6.45, 7) is 6.00. The van der Waals surface area contributed by atoms with E-state index in [-0.39, 0.29) is 11.9 Å². The van der Waals surface area contributed by atoms with Crippen molar-refractivity contribution in [2.45, 2.75) is 19.9 Å².